The Hall–Kier alpha value is -0.610. The molecular formula is C12H24N2O2. The maximum absolute atomic E-state index is 11.9. The summed E-state index contributed by atoms with van der Waals surface area (Å²) in [5, 5.41) is 3.40. The summed E-state index contributed by atoms with van der Waals surface area (Å²) in [7, 11) is 1.68. The van der Waals surface area contributed by atoms with Gasteiger partial charge >= 0.3 is 0 Å². The molecule has 0 aliphatic carbocycles. The lowest BCUT2D eigenvalue weighted by molar-refractivity contribution is -0.133. The molecule has 0 saturated carbocycles. The molecule has 0 aromatic carbocycles. The van der Waals surface area contributed by atoms with E-state index in [1.807, 2.05) is 11.8 Å². The average Bonchev–Trinajstić information content (AvgIpc) is 2.23. The van der Waals surface area contributed by atoms with Crippen LogP contribution in [0.2, 0.25) is 0 Å². The molecule has 1 fully saturated rings. The second-order valence-electron chi connectivity index (χ2n) is 5.21. The van der Waals surface area contributed by atoms with Crippen molar-refractivity contribution in [2.45, 2.75) is 45.3 Å². The van der Waals surface area contributed by atoms with Gasteiger partial charge in [-0.05, 0) is 27.2 Å². The number of carbonyl (C=O) groups excluding carboxylic acids is 1. The lowest BCUT2D eigenvalue weighted by Gasteiger charge is -2.39. The molecule has 1 rings (SSSR count). The summed E-state index contributed by atoms with van der Waals surface area (Å²) in [6.45, 7) is 8.76. The van der Waals surface area contributed by atoms with Crippen LogP contribution >= 0.6 is 0 Å². The predicted octanol–water partition coefficient (Wildman–Crippen LogP) is 1.01. The van der Waals surface area contributed by atoms with E-state index < -0.39 is 0 Å². The van der Waals surface area contributed by atoms with Gasteiger partial charge in [-0.15, -0.1) is 0 Å². The highest BCUT2D eigenvalue weighted by atomic mass is 16.5. The van der Waals surface area contributed by atoms with Gasteiger partial charge in [0.15, 0.2) is 0 Å². The fourth-order valence-corrected chi connectivity index (χ4v) is 1.96. The normalized spacial score (nSPS) is 21.9. The van der Waals surface area contributed by atoms with Crippen molar-refractivity contribution >= 4 is 5.91 Å². The Bertz CT molecular complexity index is 241. The third kappa shape index (κ3) is 4.10. The van der Waals surface area contributed by atoms with Crippen molar-refractivity contribution in [3.05, 3.63) is 0 Å². The van der Waals surface area contributed by atoms with E-state index in [1.165, 1.54) is 0 Å². The van der Waals surface area contributed by atoms with Crippen LogP contribution in [0.15, 0.2) is 0 Å². The summed E-state index contributed by atoms with van der Waals surface area (Å²) < 4.78 is 5.15. The van der Waals surface area contributed by atoms with E-state index in [-0.39, 0.29) is 17.6 Å². The highest BCUT2D eigenvalue weighted by Gasteiger charge is 2.28. The van der Waals surface area contributed by atoms with Crippen LogP contribution in [-0.2, 0) is 9.53 Å². The molecule has 1 heterocycles. The zero-order chi connectivity index (χ0) is 12.2. The predicted molar refractivity (Wildman–Crippen MR) is 64.4 cm³/mol. The van der Waals surface area contributed by atoms with Crippen LogP contribution in [0.3, 0.4) is 0 Å². The fourth-order valence-electron chi connectivity index (χ4n) is 1.96. The Balaban J connectivity index is 2.36. The quantitative estimate of drug-likeness (QED) is 0.781. The SMILES string of the molecule is COC(C)CCC(=O)N1CCNC(C)(C)C1. The van der Waals surface area contributed by atoms with Crippen LogP contribution in [0.4, 0.5) is 0 Å². The Morgan fingerprint density at radius 3 is 2.81 bits per heavy atom. The minimum Gasteiger partial charge on any atom is -0.382 e. The number of ether oxygens (including phenoxy) is 1. The monoisotopic (exact) mass is 228 g/mol. The fraction of sp³-hybridized carbons (Fsp3) is 0.917. The lowest BCUT2D eigenvalue weighted by atomic mass is 10.0. The summed E-state index contributed by atoms with van der Waals surface area (Å²) in [4.78, 5) is 13.9. The first-order valence-electron chi connectivity index (χ1n) is 6.00. The van der Waals surface area contributed by atoms with Gasteiger partial charge in [0.25, 0.3) is 0 Å². The molecule has 0 aromatic heterocycles. The molecule has 1 aliphatic rings. The number of piperazine rings is 1. The number of amides is 1. The summed E-state index contributed by atoms with van der Waals surface area (Å²) in [5.41, 5.74) is 0.0424. The maximum Gasteiger partial charge on any atom is 0.222 e. The van der Waals surface area contributed by atoms with Crippen molar-refractivity contribution in [1.82, 2.24) is 10.2 Å². The molecule has 4 nitrogen and oxygen atoms in total. The highest BCUT2D eigenvalue weighted by Crippen LogP contribution is 2.12. The summed E-state index contributed by atoms with van der Waals surface area (Å²) in [5.74, 6) is 0.249. The Kier molecular flexibility index (Phi) is 4.74. The smallest absolute Gasteiger partial charge is 0.222 e. The van der Waals surface area contributed by atoms with Gasteiger partial charge in [-0.25, -0.2) is 0 Å². The molecule has 1 atom stereocenters. The topological polar surface area (TPSA) is 41.6 Å². The molecule has 1 N–H and O–H groups in total. The zero-order valence-corrected chi connectivity index (χ0v) is 10.9. The number of nitrogens with one attached hydrogen (secondary N) is 1. The molecule has 1 amide bonds. The van der Waals surface area contributed by atoms with E-state index >= 15 is 0 Å². The number of rotatable bonds is 4. The molecule has 0 spiro atoms. The van der Waals surface area contributed by atoms with Crippen molar-refractivity contribution in [2.24, 2.45) is 0 Å². The van der Waals surface area contributed by atoms with Crippen molar-refractivity contribution in [1.29, 1.82) is 0 Å². The molecule has 16 heavy (non-hydrogen) atoms. The summed E-state index contributed by atoms with van der Waals surface area (Å²) in [6, 6.07) is 0. The molecule has 1 unspecified atom stereocenters. The standard InChI is InChI=1S/C12H24N2O2/c1-10(16-4)5-6-11(15)14-8-7-13-12(2,3)9-14/h10,13H,5-9H2,1-4H3. The number of hydrogen-bond donors (Lipinski definition) is 1. The van der Waals surface area contributed by atoms with E-state index in [0.29, 0.717) is 6.42 Å². The zero-order valence-electron chi connectivity index (χ0n) is 10.9. The van der Waals surface area contributed by atoms with Gasteiger partial charge in [-0.1, -0.05) is 0 Å². The van der Waals surface area contributed by atoms with Crippen molar-refractivity contribution in [3.8, 4) is 0 Å². The first-order valence-corrected chi connectivity index (χ1v) is 6.00. The second kappa shape index (κ2) is 5.64. The van der Waals surface area contributed by atoms with Crippen molar-refractivity contribution < 1.29 is 9.53 Å². The van der Waals surface area contributed by atoms with Crippen LogP contribution in [0.1, 0.15) is 33.6 Å². The van der Waals surface area contributed by atoms with Gasteiger partial charge in [0.05, 0.1) is 6.10 Å². The molecule has 1 saturated heterocycles. The first kappa shape index (κ1) is 13.5. The van der Waals surface area contributed by atoms with Crippen molar-refractivity contribution in [3.63, 3.8) is 0 Å². The number of nitrogens with zero attached hydrogens (tertiary/aromatic N) is 1. The maximum atomic E-state index is 11.9. The van der Waals surface area contributed by atoms with Gasteiger partial charge in [-0.3, -0.25) is 4.79 Å². The number of hydrogen-bond acceptors (Lipinski definition) is 3. The molecular weight excluding hydrogens is 204 g/mol. The van der Waals surface area contributed by atoms with E-state index in [4.69, 9.17) is 4.74 Å². The van der Waals surface area contributed by atoms with Crippen LogP contribution < -0.4 is 5.32 Å². The Morgan fingerprint density at radius 1 is 1.56 bits per heavy atom. The highest BCUT2D eigenvalue weighted by molar-refractivity contribution is 5.76. The average molecular weight is 228 g/mol. The van der Waals surface area contributed by atoms with Gasteiger partial charge < -0.3 is 15.0 Å². The Morgan fingerprint density at radius 2 is 2.25 bits per heavy atom. The van der Waals surface area contributed by atoms with Gasteiger partial charge in [0.1, 0.15) is 0 Å². The molecule has 94 valence electrons. The van der Waals surface area contributed by atoms with Crippen molar-refractivity contribution in [2.75, 3.05) is 26.7 Å². The molecule has 0 bridgehead atoms. The molecule has 1 aliphatic heterocycles. The van der Waals surface area contributed by atoms with Crippen LogP contribution in [0, 0.1) is 0 Å². The van der Waals surface area contributed by atoms with E-state index in [1.54, 1.807) is 7.11 Å². The number of methoxy groups -OCH3 is 1. The van der Waals surface area contributed by atoms with Gasteiger partial charge in [0, 0.05) is 38.7 Å². The third-order valence-corrected chi connectivity index (χ3v) is 3.09. The third-order valence-electron chi connectivity index (χ3n) is 3.09. The molecule has 0 aromatic rings. The van der Waals surface area contributed by atoms with Gasteiger partial charge in [0.2, 0.25) is 5.91 Å². The number of carbonyl (C=O) groups is 1. The Labute approximate surface area is 98.3 Å². The van der Waals surface area contributed by atoms with E-state index in [9.17, 15) is 4.79 Å². The minimum atomic E-state index is 0.0424. The molecule has 4 heteroatoms. The summed E-state index contributed by atoms with van der Waals surface area (Å²) >= 11 is 0. The summed E-state index contributed by atoms with van der Waals surface area (Å²) in [6.07, 6.45) is 1.56. The minimum absolute atomic E-state index is 0.0424. The first-order chi connectivity index (χ1) is 7.44. The largest absolute Gasteiger partial charge is 0.382 e. The van der Waals surface area contributed by atoms with Crippen LogP contribution in [0.5, 0.6) is 0 Å². The van der Waals surface area contributed by atoms with Crippen LogP contribution in [0.25, 0.3) is 0 Å². The van der Waals surface area contributed by atoms with E-state index in [2.05, 4.69) is 19.2 Å². The van der Waals surface area contributed by atoms with Gasteiger partial charge in [-0.2, -0.15) is 0 Å². The van der Waals surface area contributed by atoms with Crippen LogP contribution in [-0.4, -0.2) is 49.2 Å². The lowest BCUT2D eigenvalue weighted by Crippen LogP contribution is -2.58. The van der Waals surface area contributed by atoms with E-state index in [0.717, 1.165) is 26.1 Å². The molecule has 0 radical (unpaired) electrons. The second-order valence-corrected chi connectivity index (χ2v) is 5.21.